The number of benzene rings is 2. The molecule has 3 amide bonds. The molecular formula is C37H45BrN4O4. The van der Waals surface area contributed by atoms with Gasteiger partial charge in [-0.1, -0.05) is 77.7 Å². The highest BCUT2D eigenvalue weighted by Crippen LogP contribution is 2.55. The second-order valence-electron chi connectivity index (χ2n) is 13.9. The Hall–Kier alpha value is -3.01. The van der Waals surface area contributed by atoms with Gasteiger partial charge in [-0.2, -0.15) is 0 Å². The molecule has 46 heavy (non-hydrogen) atoms. The predicted molar refractivity (Wildman–Crippen MR) is 181 cm³/mol. The summed E-state index contributed by atoms with van der Waals surface area (Å²) in [6.07, 6.45) is 12.8. The van der Waals surface area contributed by atoms with Crippen LogP contribution in [0.3, 0.4) is 0 Å². The third-order valence-electron chi connectivity index (χ3n) is 10.9. The molecule has 2 N–H and O–H groups in total. The molecule has 0 radical (unpaired) electrons. The summed E-state index contributed by atoms with van der Waals surface area (Å²) in [5.74, 6) is -1.26. The number of hydrogen-bond donors (Lipinski definition) is 2. The lowest BCUT2D eigenvalue weighted by Gasteiger charge is -2.35. The van der Waals surface area contributed by atoms with Crippen molar-refractivity contribution >= 4 is 39.3 Å². The highest BCUT2D eigenvalue weighted by atomic mass is 79.9. The van der Waals surface area contributed by atoms with Crippen molar-refractivity contribution in [2.45, 2.75) is 81.6 Å². The normalized spacial score (nSPS) is 29.7. The second-order valence-corrected chi connectivity index (χ2v) is 14.8. The molecule has 7 rings (SSSR count). The van der Waals surface area contributed by atoms with E-state index >= 15 is 0 Å². The van der Waals surface area contributed by atoms with E-state index in [9.17, 15) is 14.4 Å². The molecule has 2 aromatic carbocycles. The maximum Gasteiger partial charge on any atom is 0.246 e. The Labute approximate surface area is 280 Å². The SMILES string of the molecule is O=C(Nc1ccc(Br)cc1)[C@H]1[C@H]2C=C[C@@]3(O2)[C@H]1C(=O)N(CCCN1CCC(Cc2ccccc2)CC1)[C@@H]3C(=O)NC1CCCCC1. The number of nitrogens with zero attached hydrogens (tertiary/aromatic N) is 2. The summed E-state index contributed by atoms with van der Waals surface area (Å²) < 4.78 is 7.46. The summed E-state index contributed by atoms with van der Waals surface area (Å²) in [4.78, 5) is 46.4. The van der Waals surface area contributed by atoms with Crippen LogP contribution in [-0.4, -0.2) is 77.5 Å². The fourth-order valence-corrected chi connectivity index (χ4v) is 8.88. The first-order chi connectivity index (χ1) is 22.4. The molecule has 5 atom stereocenters. The zero-order valence-corrected chi connectivity index (χ0v) is 28.0. The molecule has 1 aliphatic carbocycles. The molecule has 244 valence electrons. The van der Waals surface area contributed by atoms with E-state index in [1.165, 1.54) is 24.8 Å². The first-order valence-electron chi connectivity index (χ1n) is 17.2. The first-order valence-corrected chi connectivity index (χ1v) is 18.0. The van der Waals surface area contributed by atoms with Gasteiger partial charge >= 0.3 is 0 Å². The number of ether oxygens (including phenoxy) is 1. The van der Waals surface area contributed by atoms with Gasteiger partial charge in [-0.15, -0.1) is 0 Å². The minimum absolute atomic E-state index is 0.116. The molecule has 9 heteroatoms. The molecule has 0 unspecified atom stereocenters. The summed E-state index contributed by atoms with van der Waals surface area (Å²) in [5, 5.41) is 6.30. The van der Waals surface area contributed by atoms with E-state index in [-0.39, 0.29) is 23.8 Å². The van der Waals surface area contributed by atoms with Gasteiger partial charge in [0.25, 0.3) is 0 Å². The van der Waals surface area contributed by atoms with Crippen LogP contribution in [0.25, 0.3) is 0 Å². The van der Waals surface area contributed by atoms with Gasteiger partial charge in [0.05, 0.1) is 17.9 Å². The van der Waals surface area contributed by atoms with Crippen LogP contribution in [0.1, 0.15) is 56.9 Å². The molecule has 1 spiro atoms. The summed E-state index contributed by atoms with van der Waals surface area (Å²) in [5.41, 5.74) is 0.943. The van der Waals surface area contributed by atoms with E-state index in [1.807, 2.05) is 36.4 Å². The molecular weight excluding hydrogens is 644 g/mol. The van der Waals surface area contributed by atoms with Crippen molar-refractivity contribution in [2.24, 2.45) is 17.8 Å². The third-order valence-corrected chi connectivity index (χ3v) is 11.5. The lowest BCUT2D eigenvalue weighted by atomic mass is 9.74. The van der Waals surface area contributed by atoms with Gasteiger partial charge in [0.15, 0.2) is 0 Å². The second kappa shape index (κ2) is 13.6. The maximum atomic E-state index is 14.3. The van der Waals surface area contributed by atoms with Crippen molar-refractivity contribution in [3.05, 3.63) is 76.8 Å². The Morgan fingerprint density at radius 2 is 1.65 bits per heavy atom. The Kier molecular flexibility index (Phi) is 9.35. The zero-order chi connectivity index (χ0) is 31.7. The monoisotopic (exact) mass is 688 g/mol. The number of anilines is 1. The lowest BCUT2D eigenvalue weighted by molar-refractivity contribution is -0.141. The van der Waals surface area contributed by atoms with Crippen molar-refractivity contribution in [3.63, 3.8) is 0 Å². The van der Waals surface area contributed by atoms with Crippen LogP contribution in [0.4, 0.5) is 5.69 Å². The molecule has 4 aliphatic heterocycles. The van der Waals surface area contributed by atoms with Gasteiger partial charge in [-0.05, 0) is 93.9 Å². The van der Waals surface area contributed by atoms with E-state index < -0.39 is 29.6 Å². The third kappa shape index (κ3) is 6.30. The van der Waals surface area contributed by atoms with E-state index in [2.05, 4.69) is 61.8 Å². The number of carbonyl (C=O) groups is 3. The molecule has 4 heterocycles. The van der Waals surface area contributed by atoms with E-state index in [0.717, 1.165) is 62.6 Å². The topological polar surface area (TPSA) is 91.0 Å². The van der Waals surface area contributed by atoms with Crippen molar-refractivity contribution in [3.8, 4) is 0 Å². The number of nitrogens with one attached hydrogen (secondary N) is 2. The molecule has 1 saturated carbocycles. The van der Waals surface area contributed by atoms with Gasteiger partial charge in [-0.3, -0.25) is 14.4 Å². The highest BCUT2D eigenvalue weighted by molar-refractivity contribution is 9.10. The van der Waals surface area contributed by atoms with E-state index in [1.54, 1.807) is 4.90 Å². The smallest absolute Gasteiger partial charge is 0.246 e. The Bertz CT molecular complexity index is 1440. The number of piperidine rings is 1. The zero-order valence-electron chi connectivity index (χ0n) is 26.4. The van der Waals surface area contributed by atoms with Crippen molar-refractivity contribution < 1.29 is 19.1 Å². The Morgan fingerprint density at radius 3 is 2.39 bits per heavy atom. The number of amides is 3. The Morgan fingerprint density at radius 1 is 0.913 bits per heavy atom. The Balaban J connectivity index is 1.04. The summed E-state index contributed by atoms with van der Waals surface area (Å²) in [7, 11) is 0. The summed E-state index contributed by atoms with van der Waals surface area (Å²) in [6.45, 7) is 3.45. The average Bonchev–Trinajstić information content (AvgIpc) is 3.71. The fraction of sp³-hybridized carbons (Fsp3) is 0.541. The van der Waals surface area contributed by atoms with Crippen molar-refractivity contribution in [2.75, 3.05) is 31.5 Å². The van der Waals surface area contributed by atoms with Crippen molar-refractivity contribution in [1.29, 1.82) is 0 Å². The molecule has 4 fully saturated rings. The van der Waals surface area contributed by atoms with Gasteiger partial charge in [0, 0.05) is 22.7 Å². The maximum absolute atomic E-state index is 14.3. The van der Waals surface area contributed by atoms with Crippen LogP contribution in [0, 0.1) is 17.8 Å². The van der Waals surface area contributed by atoms with Gasteiger partial charge in [0.1, 0.15) is 11.6 Å². The molecule has 8 nitrogen and oxygen atoms in total. The molecule has 2 bridgehead atoms. The van der Waals surface area contributed by atoms with Gasteiger partial charge in [-0.25, -0.2) is 0 Å². The van der Waals surface area contributed by atoms with Gasteiger partial charge in [0.2, 0.25) is 17.7 Å². The molecule has 2 aromatic rings. The fourth-order valence-electron chi connectivity index (χ4n) is 8.62. The van der Waals surface area contributed by atoms with Crippen molar-refractivity contribution in [1.82, 2.24) is 15.1 Å². The lowest BCUT2D eigenvalue weighted by Crippen LogP contribution is -2.56. The molecule has 3 saturated heterocycles. The molecule has 5 aliphatic rings. The highest BCUT2D eigenvalue weighted by Gasteiger charge is 2.72. The standard InChI is InChI=1S/C37H45BrN4O4/c38-27-12-14-29(15-13-27)39-34(43)31-30-16-19-37(46-30)32(31)36(45)42(33(37)35(44)40-28-10-5-2-6-11-28)21-7-20-41-22-17-26(18-23-41)24-25-8-3-1-4-9-25/h1,3-4,8-9,12-16,19,26,28,30-33H,2,5-7,10-11,17-18,20-24H2,(H,39,43)(H,40,44)/t30-,31+,32-,33-,37-/m1/s1. The number of carbonyl (C=O) groups excluding carboxylic acids is 3. The van der Waals surface area contributed by atoms with Crippen LogP contribution in [0.5, 0.6) is 0 Å². The number of hydrogen-bond acceptors (Lipinski definition) is 5. The summed E-state index contributed by atoms with van der Waals surface area (Å²) >= 11 is 3.44. The minimum atomic E-state index is -1.13. The van der Waals surface area contributed by atoms with Crippen LogP contribution >= 0.6 is 15.9 Å². The van der Waals surface area contributed by atoms with Crippen LogP contribution in [0.15, 0.2) is 71.2 Å². The minimum Gasteiger partial charge on any atom is -0.359 e. The van der Waals surface area contributed by atoms with E-state index in [0.29, 0.717) is 18.2 Å². The predicted octanol–water partition coefficient (Wildman–Crippen LogP) is 5.33. The average molecular weight is 690 g/mol. The number of halogens is 1. The van der Waals surface area contributed by atoms with Crippen LogP contribution in [-0.2, 0) is 25.5 Å². The largest absolute Gasteiger partial charge is 0.359 e. The first kappa shape index (κ1) is 31.6. The van der Waals surface area contributed by atoms with E-state index in [4.69, 9.17) is 4.74 Å². The number of likely N-dealkylation sites (tertiary alicyclic amines) is 2. The van der Waals surface area contributed by atoms with Gasteiger partial charge < -0.3 is 25.2 Å². The summed E-state index contributed by atoms with van der Waals surface area (Å²) in [6, 6.07) is 17.5. The van der Waals surface area contributed by atoms with Crippen LogP contribution in [0.2, 0.25) is 0 Å². The molecule has 0 aromatic heterocycles. The number of fused-ring (bicyclic) bond motifs is 1. The number of rotatable bonds is 10. The van der Waals surface area contributed by atoms with Crippen LogP contribution < -0.4 is 10.6 Å². The quantitative estimate of drug-likeness (QED) is 0.330.